The lowest BCUT2D eigenvalue weighted by molar-refractivity contribution is 0.0897. The van der Waals surface area contributed by atoms with Crippen LogP contribution in [0.1, 0.15) is 35.2 Å². The van der Waals surface area contributed by atoms with Crippen molar-refractivity contribution in [2.24, 2.45) is 5.92 Å². The van der Waals surface area contributed by atoms with Crippen molar-refractivity contribution >= 4 is 21.8 Å². The van der Waals surface area contributed by atoms with E-state index in [9.17, 15) is 4.79 Å². The Morgan fingerprint density at radius 2 is 2.00 bits per heavy atom. The molecule has 1 amide bonds. The number of halogens is 1. The maximum absolute atomic E-state index is 12.3. The highest BCUT2D eigenvalue weighted by molar-refractivity contribution is 9.08. The number of carbonyl (C=O) groups excluding carboxylic acids is 1. The van der Waals surface area contributed by atoms with E-state index in [0.29, 0.717) is 12.0 Å². The first-order chi connectivity index (χ1) is 9.76. The lowest BCUT2D eigenvalue weighted by atomic mass is 10.1. The Labute approximate surface area is 128 Å². The maximum Gasteiger partial charge on any atom is 0.251 e. The second kappa shape index (κ2) is 6.27. The molecular formula is C16H21BrN2O. The van der Waals surface area contributed by atoms with Gasteiger partial charge in [0.2, 0.25) is 0 Å². The van der Waals surface area contributed by atoms with Gasteiger partial charge in [-0.1, -0.05) is 28.1 Å². The molecule has 1 heterocycles. The third kappa shape index (κ3) is 3.41. The predicted molar refractivity (Wildman–Crippen MR) is 84.1 cm³/mol. The fourth-order valence-corrected chi connectivity index (χ4v) is 3.02. The van der Waals surface area contributed by atoms with Gasteiger partial charge in [-0.05, 0) is 56.0 Å². The minimum atomic E-state index is 0.0727. The van der Waals surface area contributed by atoms with Crippen LogP contribution in [0.3, 0.4) is 0 Å². The largest absolute Gasteiger partial charge is 0.348 e. The van der Waals surface area contributed by atoms with E-state index >= 15 is 0 Å². The van der Waals surface area contributed by atoms with Crippen molar-refractivity contribution in [1.29, 1.82) is 0 Å². The quantitative estimate of drug-likeness (QED) is 0.810. The molecule has 0 radical (unpaired) electrons. The minimum Gasteiger partial charge on any atom is -0.348 e. The number of hydrogen-bond acceptors (Lipinski definition) is 2. The highest BCUT2D eigenvalue weighted by Gasteiger charge is 2.34. The van der Waals surface area contributed by atoms with Gasteiger partial charge in [0.25, 0.3) is 5.91 Å². The fourth-order valence-electron chi connectivity index (χ4n) is 2.65. The van der Waals surface area contributed by atoms with Crippen LogP contribution in [0.2, 0.25) is 0 Å². The van der Waals surface area contributed by atoms with Gasteiger partial charge < -0.3 is 10.2 Å². The molecule has 3 rings (SSSR count). The van der Waals surface area contributed by atoms with Gasteiger partial charge >= 0.3 is 0 Å². The molecule has 1 aliphatic heterocycles. The highest BCUT2D eigenvalue weighted by atomic mass is 79.9. The lowest BCUT2D eigenvalue weighted by Crippen LogP contribution is -2.49. The van der Waals surface area contributed by atoms with Crippen LogP contribution in [-0.4, -0.2) is 36.5 Å². The molecule has 1 saturated heterocycles. The molecule has 3 nitrogen and oxygen atoms in total. The molecule has 1 aliphatic carbocycles. The molecule has 20 heavy (non-hydrogen) atoms. The summed E-state index contributed by atoms with van der Waals surface area (Å²) in [4.78, 5) is 14.8. The number of nitrogens with one attached hydrogen (secondary N) is 1. The second-order valence-corrected chi connectivity index (χ2v) is 6.46. The highest BCUT2D eigenvalue weighted by Crippen LogP contribution is 2.33. The SMILES string of the molecule is O=C(NC(CN1CCC1)C1CC1)c1ccc(CBr)cc1. The molecule has 1 aromatic carbocycles. The number of nitrogens with zero attached hydrogens (tertiary/aromatic N) is 1. The molecule has 2 aliphatic rings. The number of rotatable bonds is 6. The third-order valence-corrected chi connectivity index (χ3v) is 4.93. The number of amides is 1. The zero-order valence-electron chi connectivity index (χ0n) is 11.6. The summed E-state index contributed by atoms with van der Waals surface area (Å²) in [5.41, 5.74) is 1.96. The van der Waals surface area contributed by atoms with Gasteiger partial charge in [0.1, 0.15) is 0 Å². The zero-order valence-corrected chi connectivity index (χ0v) is 13.2. The summed E-state index contributed by atoms with van der Waals surface area (Å²) in [6.45, 7) is 3.41. The first-order valence-corrected chi connectivity index (χ1v) is 8.56. The predicted octanol–water partition coefficient (Wildman–Crippen LogP) is 2.80. The van der Waals surface area contributed by atoms with E-state index in [1.165, 1.54) is 37.9 Å². The Balaban J connectivity index is 1.59. The van der Waals surface area contributed by atoms with Gasteiger partial charge in [0, 0.05) is 23.5 Å². The number of benzene rings is 1. The van der Waals surface area contributed by atoms with Crippen molar-refractivity contribution in [1.82, 2.24) is 10.2 Å². The summed E-state index contributed by atoms with van der Waals surface area (Å²) in [6, 6.07) is 8.17. The number of likely N-dealkylation sites (tertiary alicyclic amines) is 1. The molecule has 1 unspecified atom stereocenters. The molecule has 1 N–H and O–H groups in total. The number of carbonyl (C=O) groups is 1. The summed E-state index contributed by atoms with van der Waals surface area (Å²) >= 11 is 3.42. The van der Waals surface area contributed by atoms with Crippen LogP contribution in [0.15, 0.2) is 24.3 Å². The Morgan fingerprint density at radius 1 is 1.30 bits per heavy atom. The van der Waals surface area contributed by atoms with E-state index < -0.39 is 0 Å². The van der Waals surface area contributed by atoms with Crippen LogP contribution >= 0.6 is 15.9 Å². The van der Waals surface area contributed by atoms with Crippen molar-refractivity contribution in [2.75, 3.05) is 19.6 Å². The Morgan fingerprint density at radius 3 is 2.50 bits per heavy atom. The van der Waals surface area contributed by atoms with E-state index in [1.807, 2.05) is 24.3 Å². The summed E-state index contributed by atoms with van der Waals surface area (Å²) in [5, 5.41) is 4.07. The smallest absolute Gasteiger partial charge is 0.251 e. The van der Waals surface area contributed by atoms with Gasteiger partial charge in [-0.3, -0.25) is 4.79 Å². The van der Waals surface area contributed by atoms with E-state index in [0.717, 1.165) is 17.4 Å². The number of hydrogen-bond donors (Lipinski definition) is 1. The van der Waals surface area contributed by atoms with Crippen LogP contribution in [0, 0.1) is 5.92 Å². The van der Waals surface area contributed by atoms with E-state index in [-0.39, 0.29) is 5.91 Å². The standard InChI is InChI=1S/C16H21BrN2O/c17-10-12-2-4-14(5-3-12)16(20)18-15(13-6-7-13)11-19-8-1-9-19/h2-5,13,15H,1,6-11H2,(H,18,20). The van der Waals surface area contributed by atoms with Crippen LogP contribution in [-0.2, 0) is 5.33 Å². The molecule has 108 valence electrons. The average Bonchev–Trinajstić information content (AvgIpc) is 3.25. The van der Waals surface area contributed by atoms with Crippen molar-refractivity contribution in [3.63, 3.8) is 0 Å². The van der Waals surface area contributed by atoms with Gasteiger partial charge in [-0.2, -0.15) is 0 Å². The first-order valence-electron chi connectivity index (χ1n) is 7.44. The van der Waals surface area contributed by atoms with Crippen LogP contribution in [0.4, 0.5) is 0 Å². The third-order valence-electron chi connectivity index (χ3n) is 4.28. The molecular weight excluding hydrogens is 316 g/mol. The molecule has 4 heteroatoms. The number of alkyl halides is 1. The van der Waals surface area contributed by atoms with Crippen LogP contribution < -0.4 is 5.32 Å². The van der Waals surface area contributed by atoms with Crippen molar-refractivity contribution < 1.29 is 4.79 Å². The van der Waals surface area contributed by atoms with Crippen LogP contribution in [0.25, 0.3) is 0 Å². The van der Waals surface area contributed by atoms with Gasteiger partial charge in [-0.15, -0.1) is 0 Å². The lowest BCUT2D eigenvalue weighted by Gasteiger charge is -2.34. The van der Waals surface area contributed by atoms with Gasteiger partial charge in [-0.25, -0.2) is 0 Å². The van der Waals surface area contributed by atoms with Crippen LogP contribution in [0.5, 0.6) is 0 Å². The van der Waals surface area contributed by atoms with E-state index in [4.69, 9.17) is 0 Å². The Hall–Kier alpha value is -0.870. The fraction of sp³-hybridized carbons (Fsp3) is 0.562. The van der Waals surface area contributed by atoms with Gasteiger partial charge in [0.05, 0.1) is 0 Å². The average molecular weight is 337 g/mol. The topological polar surface area (TPSA) is 32.3 Å². The summed E-state index contributed by atoms with van der Waals surface area (Å²) in [5.74, 6) is 0.768. The monoisotopic (exact) mass is 336 g/mol. The molecule has 1 atom stereocenters. The summed E-state index contributed by atoms with van der Waals surface area (Å²) < 4.78 is 0. The van der Waals surface area contributed by atoms with E-state index in [2.05, 4.69) is 26.1 Å². The van der Waals surface area contributed by atoms with Crippen molar-refractivity contribution in [2.45, 2.75) is 30.6 Å². The summed E-state index contributed by atoms with van der Waals surface area (Å²) in [6.07, 6.45) is 3.84. The van der Waals surface area contributed by atoms with E-state index in [1.54, 1.807) is 0 Å². The first kappa shape index (κ1) is 14.1. The Kier molecular flexibility index (Phi) is 4.41. The molecule has 0 aromatic heterocycles. The van der Waals surface area contributed by atoms with Crippen molar-refractivity contribution in [3.8, 4) is 0 Å². The Bertz CT molecular complexity index is 466. The normalized spacial score (nSPS) is 20.2. The molecule has 0 spiro atoms. The molecule has 2 fully saturated rings. The molecule has 0 bridgehead atoms. The second-order valence-electron chi connectivity index (χ2n) is 5.90. The van der Waals surface area contributed by atoms with Gasteiger partial charge in [0.15, 0.2) is 0 Å². The minimum absolute atomic E-state index is 0.0727. The molecule has 1 aromatic rings. The van der Waals surface area contributed by atoms with Crippen molar-refractivity contribution in [3.05, 3.63) is 35.4 Å². The zero-order chi connectivity index (χ0) is 13.9. The summed E-state index contributed by atoms with van der Waals surface area (Å²) in [7, 11) is 0. The molecule has 1 saturated carbocycles. The maximum atomic E-state index is 12.3.